The third kappa shape index (κ3) is 5.95. The molecule has 35 heavy (non-hydrogen) atoms. The zero-order valence-electron chi connectivity index (χ0n) is 20.3. The second-order valence-corrected chi connectivity index (χ2v) is 10.1. The lowest BCUT2D eigenvalue weighted by atomic mass is 9.98. The van der Waals surface area contributed by atoms with Crippen LogP contribution in [0.2, 0.25) is 0 Å². The maximum atomic E-state index is 12.4. The topological polar surface area (TPSA) is 64.6 Å². The molecule has 5 nitrogen and oxygen atoms in total. The summed E-state index contributed by atoms with van der Waals surface area (Å²) < 4.78 is 11.3. The van der Waals surface area contributed by atoms with E-state index in [1.807, 2.05) is 24.3 Å². The first-order valence-corrected chi connectivity index (χ1v) is 13.1. The van der Waals surface area contributed by atoms with Crippen molar-refractivity contribution in [2.24, 2.45) is 11.8 Å². The molecule has 1 N–H and O–H groups in total. The maximum Gasteiger partial charge on any atom is 0.407 e. The largest absolute Gasteiger partial charge is 0.462 e. The molecule has 1 amide bonds. The molecule has 0 saturated heterocycles. The zero-order valence-corrected chi connectivity index (χ0v) is 20.3. The number of alkyl carbamates (subject to hydrolysis) is 1. The van der Waals surface area contributed by atoms with Crippen LogP contribution in [0.15, 0.2) is 60.7 Å². The van der Waals surface area contributed by atoms with Crippen LogP contribution in [0.5, 0.6) is 0 Å². The van der Waals surface area contributed by atoms with Crippen LogP contribution in [0.1, 0.15) is 68.4 Å². The monoisotopic (exact) mass is 473 g/mol. The van der Waals surface area contributed by atoms with E-state index in [4.69, 9.17) is 9.47 Å². The molecule has 2 aromatic carbocycles. The fourth-order valence-electron chi connectivity index (χ4n) is 5.68. The van der Waals surface area contributed by atoms with Crippen LogP contribution in [0.4, 0.5) is 4.79 Å². The van der Waals surface area contributed by atoms with Crippen LogP contribution < -0.4 is 5.32 Å². The Kier molecular flexibility index (Phi) is 7.51. The van der Waals surface area contributed by atoms with Gasteiger partial charge in [-0.15, -0.1) is 0 Å². The summed E-state index contributed by atoms with van der Waals surface area (Å²) in [5, 5.41) is 2.71. The number of hydrogen-bond donors (Lipinski definition) is 1. The van der Waals surface area contributed by atoms with E-state index in [1.165, 1.54) is 47.9 Å². The van der Waals surface area contributed by atoms with Gasteiger partial charge in [0.1, 0.15) is 12.7 Å². The van der Waals surface area contributed by atoms with Gasteiger partial charge < -0.3 is 14.8 Å². The van der Waals surface area contributed by atoms with Gasteiger partial charge >= 0.3 is 12.1 Å². The number of benzene rings is 2. The van der Waals surface area contributed by atoms with Gasteiger partial charge in [0.15, 0.2) is 0 Å². The van der Waals surface area contributed by atoms with E-state index in [0.717, 1.165) is 25.2 Å². The second-order valence-electron chi connectivity index (χ2n) is 10.1. The molecule has 5 heteroatoms. The van der Waals surface area contributed by atoms with E-state index in [1.54, 1.807) is 0 Å². The van der Waals surface area contributed by atoms with Crippen LogP contribution in [0.3, 0.4) is 0 Å². The molecule has 0 aliphatic heterocycles. The van der Waals surface area contributed by atoms with Gasteiger partial charge in [-0.05, 0) is 59.8 Å². The van der Waals surface area contributed by atoms with E-state index in [2.05, 4.69) is 41.7 Å². The van der Waals surface area contributed by atoms with Crippen molar-refractivity contribution in [3.05, 3.63) is 71.8 Å². The predicted molar refractivity (Wildman–Crippen MR) is 136 cm³/mol. The van der Waals surface area contributed by atoms with Crippen LogP contribution >= 0.6 is 0 Å². The van der Waals surface area contributed by atoms with Crippen molar-refractivity contribution in [3.63, 3.8) is 0 Å². The highest BCUT2D eigenvalue weighted by Gasteiger charge is 2.38. The fraction of sp³-hybridized carbons (Fsp3) is 0.467. The molecule has 1 saturated carbocycles. The lowest BCUT2D eigenvalue weighted by Crippen LogP contribution is -2.29. The molecule has 0 aromatic heterocycles. The number of fused-ring (bicyclic) bond motifs is 4. The van der Waals surface area contributed by atoms with Crippen molar-refractivity contribution in [2.45, 2.75) is 63.4 Å². The van der Waals surface area contributed by atoms with E-state index >= 15 is 0 Å². The Bertz CT molecular complexity index is 1030. The predicted octanol–water partition coefficient (Wildman–Crippen LogP) is 6.37. The number of ether oxygens (including phenoxy) is 2. The third-order valence-electron chi connectivity index (χ3n) is 7.64. The maximum absolute atomic E-state index is 12.4. The highest BCUT2D eigenvalue weighted by molar-refractivity contribution is 5.79. The van der Waals surface area contributed by atoms with Crippen molar-refractivity contribution in [2.75, 3.05) is 13.2 Å². The lowest BCUT2D eigenvalue weighted by Gasteiger charge is -2.17. The van der Waals surface area contributed by atoms with Gasteiger partial charge in [0.2, 0.25) is 0 Å². The number of hydrogen-bond acceptors (Lipinski definition) is 4. The first-order valence-electron chi connectivity index (χ1n) is 13.1. The molecule has 3 aliphatic carbocycles. The summed E-state index contributed by atoms with van der Waals surface area (Å²) >= 11 is 0. The first kappa shape index (κ1) is 23.7. The summed E-state index contributed by atoms with van der Waals surface area (Å²) in [7, 11) is 0. The van der Waals surface area contributed by atoms with E-state index in [9.17, 15) is 9.59 Å². The van der Waals surface area contributed by atoms with Crippen molar-refractivity contribution < 1.29 is 19.1 Å². The molecular weight excluding hydrogens is 438 g/mol. The summed E-state index contributed by atoms with van der Waals surface area (Å²) in [6.07, 6.45) is 12.0. The molecule has 0 spiro atoms. The molecule has 0 radical (unpaired) electrons. The minimum absolute atomic E-state index is 0.0224. The summed E-state index contributed by atoms with van der Waals surface area (Å²) in [6, 6.07) is 16.5. The normalized spacial score (nSPS) is 24.2. The Morgan fingerprint density at radius 2 is 1.63 bits per heavy atom. The number of allylic oxidation sites excluding steroid dienone is 1. The SMILES string of the molecule is O=C(CCNC(=O)OCC1c2ccccc2-c2ccccc21)OC1C/C=C\CCCCC2CC2C1. The van der Waals surface area contributed by atoms with Crippen LogP contribution in [0.25, 0.3) is 11.1 Å². The Labute approximate surface area is 207 Å². The molecule has 5 rings (SSSR count). The van der Waals surface area contributed by atoms with Gasteiger partial charge in [0, 0.05) is 18.9 Å². The quantitative estimate of drug-likeness (QED) is 0.391. The molecule has 3 unspecified atom stereocenters. The Hall–Kier alpha value is -3.08. The average molecular weight is 474 g/mol. The third-order valence-corrected chi connectivity index (χ3v) is 7.64. The molecule has 3 aliphatic rings. The molecule has 0 bridgehead atoms. The van der Waals surface area contributed by atoms with Crippen molar-refractivity contribution in [1.82, 2.24) is 5.32 Å². The summed E-state index contributed by atoms with van der Waals surface area (Å²) in [4.78, 5) is 24.8. The Morgan fingerprint density at radius 1 is 0.886 bits per heavy atom. The van der Waals surface area contributed by atoms with Crippen molar-refractivity contribution in [3.8, 4) is 11.1 Å². The molecule has 184 valence electrons. The van der Waals surface area contributed by atoms with Gasteiger partial charge in [-0.1, -0.05) is 73.5 Å². The number of esters is 1. The Morgan fingerprint density at radius 3 is 2.40 bits per heavy atom. The van der Waals surface area contributed by atoms with Crippen molar-refractivity contribution >= 4 is 12.1 Å². The van der Waals surface area contributed by atoms with Gasteiger partial charge in [0.25, 0.3) is 0 Å². The number of nitrogens with one attached hydrogen (secondary N) is 1. The highest BCUT2D eigenvalue weighted by atomic mass is 16.6. The van der Waals surface area contributed by atoms with Gasteiger partial charge in [0.05, 0.1) is 6.42 Å². The van der Waals surface area contributed by atoms with Gasteiger partial charge in [-0.2, -0.15) is 0 Å². The van der Waals surface area contributed by atoms with Crippen LogP contribution in [0, 0.1) is 11.8 Å². The van der Waals surface area contributed by atoms with Crippen LogP contribution in [-0.4, -0.2) is 31.3 Å². The first-order chi connectivity index (χ1) is 17.2. The minimum atomic E-state index is -0.502. The minimum Gasteiger partial charge on any atom is -0.462 e. The number of rotatable bonds is 6. The van der Waals surface area contributed by atoms with Crippen molar-refractivity contribution in [1.29, 1.82) is 0 Å². The lowest BCUT2D eigenvalue weighted by molar-refractivity contribution is -0.149. The van der Waals surface area contributed by atoms with E-state index in [0.29, 0.717) is 5.92 Å². The smallest absolute Gasteiger partial charge is 0.407 e. The summed E-state index contributed by atoms with van der Waals surface area (Å²) in [5.41, 5.74) is 4.75. The number of carbonyl (C=O) groups excluding carboxylic acids is 2. The zero-order chi connectivity index (χ0) is 24.0. The average Bonchev–Trinajstić information content (AvgIpc) is 3.52. The molecule has 1 fully saturated rings. The molecule has 3 atom stereocenters. The van der Waals surface area contributed by atoms with E-state index in [-0.39, 0.29) is 37.6 Å². The highest BCUT2D eigenvalue weighted by Crippen LogP contribution is 2.46. The van der Waals surface area contributed by atoms with E-state index < -0.39 is 6.09 Å². The molecule has 2 aromatic rings. The summed E-state index contributed by atoms with van der Waals surface area (Å²) in [5.74, 6) is 1.30. The second kappa shape index (κ2) is 11.1. The standard InChI is InChI=1S/C30H35NO4/c32-29(35-23-11-5-3-1-2-4-10-21-18-22(21)19-23)16-17-31-30(33)34-20-28-26-14-8-6-12-24(26)25-13-7-9-15-27(25)28/h3,5-9,12-15,21-23,28H,1-2,4,10-11,16-20H2,(H,31,33)/b5-3-. The molecular formula is C30H35NO4. The Balaban J connectivity index is 1.06. The molecule has 0 heterocycles. The van der Waals surface area contributed by atoms with Gasteiger partial charge in [-0.3, -0.25) is 4.79 Å². The fourth-order valence-corrected chi connectivity index (χ4v) is 5.68. The summed E-state index contributed by atoms with van der Waals surface area (Å²) in [6.45, 7) is 0.478. The van der Waals surface area contributed by atoms with Crippen LogP contribution in [-0.2, 0) is 14.3 Å². The van der Waals surface area contributed by atoms with Gasteiger partial charge in [-0.25, -0.2) is 4.79 Å². The number of carbonyl (C=O) groups is 2. The number of amides is 1.